The lowest BCUT2D eigenvalue weighted by atomic mass is 9.98. The van der Waals surface area contributed by atoms with E-state index in [0.717, 1.165) is 48.3 Å². The van der Waals surface area contributed by atoms with Crippen molar-refractivity contribution in [2.75, 3.05) is 26.7 Å². The van der Waals surface area contributed by atoms with Gasteiger partial charge in [-0.1, -0.05) is 35.8 Å². The van der Waals surface area contributed by atoms with E-state index < -0.39 is 11.7 Å². The average molecular weight is 536 g/mol. The summed E-state index contributed by atoms with van der Waals surface area (Å²) >= 11 is 3.46. The molecule has 186 valence electrons. The summed E-state index contributed by atoms with van der Waals surface area (Å²) in [6.45, 7) is 9.32. The van der Waals surface area contributed by atoms with Crippen molar-refractivity contribution in [2.45, 2.75) is 52.5 Å². The first-order valence-electron chi connectivity index (χ1n) is 11.8. The van der Waals surface area contributed by atoms with E-state index in [9.17, 15) is 9.18 Å². The van der Waals surface area contributed by atoms with Gasteiger partial charge >= 0.3 is 0 Å². The number of methoxy groups -OCH3 is 1. The predicted octanol–water partition coefficient (Wildman–Crippen LogP) is 4.94. The molecule has 0 saturated carbocycles. The number of carbonyl (C=O) groups excluding carboxylic acids is 1. The van der Waals surface area contributed by atoms with E-state index in [2.05, 4.69) is 45.0 Å². The lowest BCUT2D eigenvalue weighted by molar-refractivity contribution is 0.0975. The van der Waals surface area contributed by atoms with Crippen LogP contribution in [-0.2, 0) is 12.8 Å². The van der Waals surface area contributed by atoms with Gasteiger partial charge in [0.2, 0.25) is 0 Å². The summed E-state index contributed by atoms with van der Waals surface area (Å²) in [6, 6.07) is 10.1. The van der Waals surface area contributed by atoms with E-state index in [1.807, 2.05) is 25.1 Å². The van der Waals surface area contributed by atoms with Gasteiger partial charge in [0, 0.05) is 15.6 Å². The van der Waals surface area contributed by atoms with Crippen LogP contribution in [0.1, 0.15) is 55.1 Å². The maximum Gasteiger partial charge on any atom is 0.258 e. The van der Waals surface area contributed by atoms with Crippen molar-refractivity contribution in [3.05, 3.63) is 63.4 Å². The number of aliphatic imine (C=N–C) groups is 1. The van der Waals surface area contributed by atoms with Crippen LogP contribution in [0, 0.1) is 5.82 Å². The van der Waals surface area contributed by atoms with Gasteiger partial charge in [0.1, 0.15) is 11.6 Å². The molecular formula is C26H36BrFN4O2. The summed E-state index contributed by atoms with van der Waals surface area (Å²) in [6.07, 6.45) is 2.71. The molecule has 3 N–H and O–H groups in total. The van der Waals surface area contributed by atoms with Crippen molar-refractivity contribution in [3.8, 4) is 5.75 Å². The Morgan fingerprint density at radius 3 is 2.65 bits per heavy atom. The van der Waals surface area contributed by atoms with Crippen LogP contribution in [0.4, 0.5) is 4.39 Å². The summed E-state index contributed by atoms with van der Waals surface area (Å²) in [7, 11) is 1.60. The molecule has 2 aromatic carbocycles. The molecule has 0 heterocycles. The zero-order chi connectivity index (χ0) is 25.1. The van der Waals surface area contributed by atoms with Crippen molar-refractivity contribution in [1.29, 1.82) is 0 Å². The molecule has 2 aromatic rings. The van der Waals surface area contributed by atoms with Crippen molar-refractivity contribution in [3.63, 3.8) is 0 Å². The Kier molecular flexibility index (Phi) is 11.5. The van der Waals surface area contributed by atoms with E-state index >= 15 is 0 Å². The van der Waals surface area contributed by atoms with Crippen molar-refractivity contribution >= 4 is 27.8 Å². The third kappa shape index (κ3) is 8.40. The van der Waals surface area contributed by atoms with Crippen LogP contribution in [-0.4, -0.2) is 49.6 Å². The number of ether oxygens (including phenoxy) is 1. The Balaban J connectivity index is 2.05. The van der Waals surface area contributed by atoms with E-state index in [-0.39, 0.29) is 17.6 Å². The van der Waals surface area contributed by atoms with Crippen LogP contribution < -0.4 is 15.8 Å². The summed E-state index contributed by atoms with van der Waals surface area (Å²) in [5, 5.41) is 2.63. The van der Waals surface area contributed by atoms with Gasteiger partial charge in [-0.3, -0.25) is 15.1 Å². The number of halogens is 2. The molecule has 0 aromatic heterocycles. The largest absolute Gasteiger partial charge is 0.496 e. The topological polar surface area (TPSA) is 80.0 Å². The quantitative estimate of drug-likeness (QED) is 0.298. The van der Waals surface area contributed by atoms with Crippen LogP contribution in [0.15, 0.2) is 45.9 Å². The Labute approximate surface area is 210 Å². The highest BCUT2D eigenvalue weighted by molar-refractivity contribution is 9.10. The SMILES string of the molecule is CCN(CC)CCCC(C)N=C(N)NC(=O)c1cccc(F)c1CCc1cc(Br)ccc1OC. The summed E-state index contributed by atoms with van der Waals surface area (Å²) in [4.78, 5) is 19.7. The summed E-state index contributed by atoms with van der Waals surface area (Å²) in [5.41, 5.74) is 7.51. The molecule has 34 heavy (non-hydrogen) atoms. The summed E-state index contributed by atoms with van der Waals surface area (Å²) < 4.78 is 21.0. The number of nitrogens with one attached hydrogen (secondary N) is 1. The number of amides is 1. The van der Waals surface area contributed by atoms with E-state index in [0.29, 0.717) is 18.4 Å². The van der Waals surface area contributed by atoms with Gasteiger partial charge in [0.25, 0.3) is 5.91 Å². The first-order valence-corrected chi connectivity index (χ1v) is 12.5. The van der Waals surface area contributed by atoms with Gasteiger partial charge < -0.3 is 15.4 Å². The number of guanidine groups is 1. The molecule has 1 amide bonds. The number of hydrogen-bond donors (Lipinski definition) is 2. The van der Waals surface area contributed by atoms with Gasteiger partial charge in [0.15, 0.2) is 5.96 Å². The molecule has 0 fully saturated rings. The Morgan fingerprint density at radius 1 is 1.24 bits per heavy atom. The molecule has 1 unspecified atom stereocenters. The fourth-order valence-electron chi connectivity index (χ4n) is 3.90. The van der Waals surface area contributed by atoms with E-state index in [4.69, 9.17) is 10.5 Å². The molecule has 2 rings (SSSR count). The molecule has 1 atom stereocenters. The van der Waals surface area contributed by atoms with Crippen molar-refractivity contribution in [2.24, 2.45) is 10.7 Å². The fraction of sp³-hybridized carbons (Fsp3) is 0.462. The number of hydrogen-bond acceptors (Lipinski definition) is 4. The maximum absolute atomic E-state index is 14.7. The zero-order valence-electron chi connectivity index (χ0n) is 20.5. The second-order valence-corrected chi connectivity index (χ2v) is 9.12. The van der Waals surface area contributed by atoms with Crippen LogP contribution in [0.25, 0.3) is 0 Å². The molecule has 0 bridgehead atoms. The fourth-order valence-corrected chi connectivity index (χ4v) is 4.30. The highest BCUT2D eigenvalue weighted by Crippen LogP contribution is 2.25. The monoisotopic (exact) mass is 534 g/mol. The maximum atomic E-state index is 14.7. The molecule has 0 radical (unpaired) electrons. The lowest BCUT2D eigenvalue weighted by Crippen LogP contribution is -2.38. The molecular weight excluding hydrogens is 499 g/mol. The molecule has 0 aliphatic rings. The molecule has 0 aliphatic heterocycles. The highest BCUT2D eigenvalue weighted by atomic mass is 79.9. The number of rotatable bonds is 12. The van der Waals surface area contributed by atoms with Crippen molar-refractivity contribution in [1.82, 2.24) is 10.2 Å². The Bertz CT molecular complexity index is 979. The second-order valence-electron chi connectivity index (χ2n) is 8.21. The smallest absolute Gasteiger partial charge is 0.258 e. The van der Waals surface area contributed by atoms with E-state index in [1.165, 1.54) is 12.1 Å². The highest BCUT2D eigenvalue weighted by Gasteiger charge is 2.17. The molecule has 0 aliphatic carbocycles. The van der Waals surface area contributed by atoms with Gasteiger partial charge in [0.05, 0.1) is 13.2 Å². The zero-order valence-corrected chi connectivity index (χ0v) is 22.1. The molecule has 6 nitrogen and oxygen atoms in total. The Morgan fingerprint density at radius 2 is 1.97 bits per heavy atom. The van der Waals surface area contributed by atoms with Crippen molar-refractivity contribution < 1.29 is 13.9 Å². The first kappa shape index (κ1) is 27.8. The number of nitrogens with zero attached hydrogens (tertiary/aromatic N) is 2. The first-order chi connectivity index (χ1) is 16.3. The second kappa shape index (κ2) is 14.1. The minimum absolute atomic E-state index is 0.0214. The molecule has 0 saturated heterocycles. The third-order valence-electron chi connectivity index (χ3n) is 5.84. The normalized spacial score (nSPS) is 12.6. The molecule has 0 spiro atoms. The predicted molar refractivity (Wildman–Crippen MR) is 140 cm³/mol. The average Bonchev–Trinajstić information content (AvgIpc) is 2.80. The standard InChI is InChI=1S/C26H36BrFN4O2/c1-5-32(6-2)16-8-9-18(3)30-26(29)31-25(33)22-10-7-11-23(28)21(22)14-12-19-17-20(27)13-15-24(19)34-4/h7,10-11,13,15,17-18H,5-6,8-9,12,14,16H2,1-4H3,(H3,29,30,31,33). The van der Waals surface area contributed by atoms with Crippen LogP contribution in [0.2, 0.25) is 0 Å². The number of aryl methyl sites for hydroxylation is 1. The molecule has 8 heteroatoms. The van der Waals surface area contributed by atoms with Gasteiger partial charge in [-0.15, -0.1) is 0 Å². The van der Waals surface area contributed by atoms with Crippen LogP contribution in [0.3, 0.4) is 0 Å². The summed E-state index contributed by atoms with van der Waals surface area (Å²) in [5.74, 6) is -0.129. The van der Waals surface area contributed by atoms with Gasteiger partial charge in [-0.05, 0) is 88.1 Å². The minimum Gasteiger partial charge on any atom is -0.496 e. The van der Waals surface area contributed by atoms with Gasteiger partial charge in [-0.2, -0.15) is 0 Å². The number of nitrogens with two attached hydrogens (primary N) is 1. The lowest BCUT2D eigenvalue weighted by Gasteiger charge is -2.18. The van der Waals surface area contributed by atoms with Gasteiger partial charge in [-0.25, -0.2) is 4.39 Å². The van der Waals surface area contributed by atoms with E-state index in [1.54, 1.807) is 13.2 Å². The minimum atomic E-state index is -0.465. The van der Waals surface area contributed by atoms with Crippen LogP contribution in [0.5, 0.6) is 5.75 Å². The van der Waals surface area contributed by atoms with Crippen LogP contribution >= 0.6 is 15.9 Å². The third-order valence-corrected chi connectivity index (χ3v) is 6.34. The number of carbonyl (C=O) groups is 1. The number of benzene rings is 2. The Hall–Kier alpha value is -2.45.